The van der Waals surface area contributed by atoms with Crippen LogP contribution in [0.5, 0.6) is 0 Å². The van der Waals surface area contributed by atoms with Crippen molar-refractivity contribution in [3.8, 4) is 0 Å². The fraction of sp³-hybridized carbons (Fsp3) is 0.391. The third-order valence-electron chi connectivity index (χ3n) is 6.10. The maximum atomic E-state index is 12.7. The van der Waals surface area contributed by atoms with Gasteiger partial charge in [0, 0.05) is 38.3 Å². The molecule has 2 aromatic heterocycles. The number of likely N-dealkylation sites (N-methyl/N-ethyl adjacent to an activating group) is 1. The summed E-state index contributed by atoms with van der Waals surface area (Å²) >= 11 is 0. The van der Waals surface area contributed by atoms with Crippen LogP contribution in [0.15, 0.2) is 48.9 Å². The van der Waals surface area contributed by atoms with Crippen LogP contribution in [0.25, 0.3) is 11.2 Å². The number of aromatic nitrogens is 3. The molecule has 4 rings (SSSR count). The second-order valence-corrected chi connectivity index (χ2v) is 8.06. The van der Waals surface area contributed by atoms with E-state index in [2.05, 4.69) is 37.6 Å². The fourth-order valence-corrected chi connectivity index (χ4v) is 4.18. The quantitative estimate of drug-likeness (QED) is 0.608. The minimum Gasteiger partial charge on any atom is -0.359 e. The Labute approximate surface area is 181 Å². The molecular formula is C23H28N6O2. The smallest absolute Gasteiger partial charge is 0.252 e. The Bertz CT molecular complexity index is 1060. The molecule has 8 heteroatoms. The standard InChI is InChI=1S/C23H28N6O2/c1-24-21(30)11-18-8-9-19(28(18)2)13-26-23(31)17-10-20-22(25-12-17)29(15-27-20)14-16-6-4-3-5-7-16/h3-7,10,12,15,18-19H,8-9,11,13-14H2,1-2H3,(H,24,30)(H,26,31)/t18-,19+/m1/s1. The molecule has 1 aromatic carbocycles. The van der Waals surface area contributed by atoms with Gasteiger partial charge in [-0.05, 0) is 31.5 Å². The molecule has 1 fully saturated rings. The number of benzene rings is 1. The maximum Gasteiger partial charge on any atom is 0.252 e. The summed E-state index contributed by atoms with van der Waals surface area (Å²) in [5, 5.41) is 5.69. The van der Waals surface area contributed by atoms with Crippen LogP contribution in [-0.2, 0) is 11.3 Å². The molecule has 0 bridgehead atoms. The van der Waals surface area contributed by atoms with E-state index in [1.165, 1.54) is 5.56 Å². The Kier molecular flexibility index (Phi) is 6.27. The summed E-state index contributed by atoms with van der Waals surface area (Å²) in [4.78, 5) is 35.5. The van der Waals surface area contributed by atoms with Crippen LogP contribution in [0, 0.1) is 0 Å². The Balaban J connectivity index is 1.37. The highest BCUT2D eigenvalue weighted by Crippen LogP contribution is 2.24. The summed E-state index contributed by atoms with van der Waals surface area (Å²) < 4.78 is 1.98. The molecule has 162 valence electrons. The van der Waals surface area contributed by atoms with Crippen molar-refractivity contribution in [3.05, 3.63) is 60.0 Å². The van der Waals surface area contributed by atoms with Crippen molar-refractivity contribution in [1.29, 1.82) is 0 Å². The van der Waals surface area contributed by atoms with Crippen molar-refractivity contribution >= 4 is 23.0 Å². The first-order chi connectivity index (χ1) is 15.0. The lowest BCUT2D eigenvalue weighted by Crippen LogP contribution is -2.42. The summed E-state index contributed by atoms with van der Waals surface area (Å²) in [6.45, 7) is 1.22. The lowest BCUT2D eigenvalue weighted by Gasteiger charge is -2.25. The Morgan fingerprint density at radius 2 is 1.90 bits per heavy atom. The second kappa shape index (κ2) is 9.26. The number of rotatable bonds is 7. The predicted molar refractivity (Wildman–Crippen MR) is 119 cm³/mol. The molecule has 31 heavy (non-hydrogen) atoms. The lowest BCUT2D eigenvalue weighted by atomic mass is 10.1. The van der Waals surface area contributed by atoms with Crippen LogP contribution in [0.1, 0.15) is 35.2 Å². The predicted octanol–water partition coefficient (Wildman–Crippen LogP) is 1.81. The van der Waals surface area contributed by atoms with Gasteiger partial charge >= 0.3 is 0 Å². The van der Waals surface area contributed by atoms with Crippen LogP contribution >= 0.6 is 0 Å². The van der Waals surface area contributed by atoms with E-state index in [-0.39, 0.29) is 23.9 Å². The Morgan fingerprint density at radius 1 is 1.13 bits per heavy atom. The third-order valence-corrected chi connectivity index (χ3v) is 6.10. The average molecular weight is 421 g/mol. The van der Waals surface area contributed by atoms with Crippen LogP contribution in [-0.4, -0.2) is 64.0 Å². The molecule has 0 radical (unpaired) electrons. The number of hydrogen-bond acceptors (Lipinski definition) is 5. The summed E-state index contributed by atoms with van der Waals surface area (Å²) in [6, 6.07) is 12.4. The largest absolute Gasteiger partial charge is 0.359 e. The van der Waals surface area contributed by atoms with E-state index in [1.54, 1.807) is 25.6 Å². The minimum absolute atomic E-state index is 0.0487. The number of hydrogen-bond donors (Lipinski definition) is 2. The van der Waals surface area contributed by atoms with Gasteiger partial charge in [-0.2, -0.15) is 0 Å². The number of fused-ring (bicyclic) bond motifs is 1. The van der Waals surface area contributed by atoms with Gasteiger partial charge in [0.15, 0.2) is 5.65 Å². The number of carbonyl (C=O) groups excluding carboxylic acids is 2. The van der Waals surface area contributed by atoms with Crippen molar-refractivity contribution in [2.45, 2.75) is 37.9 Å². The number of amides is 2. The number of imidazole rings is 1. The van der Waals surface area contributed by atoms with Crippen LogP contribution < -0.4 is 10.6 Å². The molecule has 0 unspecified atom stereocenters. The van der Waals surface area contributed by atoms with Gasteiger partial charge in [-0.25, -0.2) is 9.97 Å². The van der Waals surface area contributed by atoms with Crippen molar-refractivity contribution in [3.63, 3.8) is 0 Å². The lowest BCUT2D eigenvalue weighted by molar-refractivity contribution is -0.121. The van der Waals surface area contributed by atoms with E-state index in [1.807, 2.05) is 29.8 Å². The highest BCUT2D eigenvalue weighted by molar-refractivity contribution is 5.96. The zero-order valence-corrected chi connectivity index (χ0v) is 17.9. The molecular weight excluding hydrogens is 392 g/mol. The van der Waals surface area contributed by atoms with Crippen LogP contribution in [0.4, 0.5) is 0 Å². The van der Waals surface area contributed by atoms with Crippen LogP contribution in [0.3, 0.4) is 0 Å². The van der Waals surface area contributed by atoms with E-state index < -0.39 is 0 Å². The number of pyridine rings is 1. The van der Waals surface area contributed by atoms with Gasteiger partial charge in [-0.3, -0.25) is 14.5 Å². The third kappa shape index (κ3) is 4.74. The molecule has 0 spiro atoms. The molecule has 1 saturated heterocycles. The van der Waals surface area contributed by atoms with Gasteiger partial charge < -0.3 is 15.2 Å². The van der Waals surface area contributed by atoms with E-state index in [4.69, 9.17) is 0 Å². The van der Waals surface area contributed by atoms with E-state index in [0.717, 1.165) is 18.5 Å². The van der Waals surface area contributed by atoms with Crippen molar-refractivity contribution < 1.29 is 9.59 Å². The van der Waals surface area contributed by atoms with Crippen molar-refractivity contribution in [2.75, 3.05) is 20.6 Å². The summed E-state index contributed by atoms with van der Waals surface area (Å²) in [5.74, 6) is -0.109. The monoisotopic (exact) mass is 420 g/mol. The Morgan fingerprint density at radius 3 is 2.68 bits per heavy atom. The highest BCUT2D eigenvalue weighted by Gasteiger charge is 2.31. The molecule has 3 heterocycles. The molecule has 3 aromatic rings. The summed E-state index contributed by atoms with van der Waals surface area (Å²) in [7, 11) is 3.68. The van der Waals surface area contributed by atoms with E-state index >= 15 is 0 Å². The van der Waals surface area contributed by atoms with E-state index in [9.17, 15) is 9.59 Å². The summed E-state index contributed by atoms with van der Waals surface area (Å²) in [5.41, 5.74) is 3.13. The minimum atomic E-state index is -0.157. The number of nitrogens with one attached hydrogen (secondary N) is 2. The summed E-state index contributed by atoms with van der Waals surface area (Å²) in [6.07, 6.45) is 5.76. The zero-order chi connectivity index (χ0) is 21.8. The van der Waals surface area contributed by atoms with Crippen LogP contribution in [0.2, 0.25) is 0 Å². The van der Waals surface area contributed by atoms with Gasteiger partial charge in [0.25, 0.3) is 5.91 Å². The molecule has 1 aliphatic rings. The topological polar surface area (TPSA) is 92.1 Å². The van der Waals surface area contributed by atoms with Crippen molar-refractivity contribution in [2.24, 2.45) is 0 Å². The SMILES string of the molecule is CNC(=O)C[C@H]1CC[C@@H](CNC(=O)c2cnc3c(c2)ncn3Cc2ccccc2)N1C. The van der Waals surface area contributed by atoms with Gasteiger partial charge in [0.2, 0.25) is 5.91 Å². The van der Waals surface area contributed by atoms with Gasteiger partial charge in [-0.1, -0.05) is 30.3 Å². The molecule has 0 saturated carbocycles. The molecule has 8 nitrogen and oxygen atoms in total. The molecule has 0 aliphatic carbocycles. The number of nitrogens with zero attached hydrogens (tertiary/aromatic N) is 4. The normalized spacial score (nSPS) is 18.9. The molecule has 1 aliphatic heterocycles. The van der Waals surface area contributed by atoms with Gasteiger partial charge in [0.1, 0.15) is 5.52 Å². The molecule has 2 N–H and O–H groups in total. The van der Waals surface area contributed by atoms with Crippen molar-refractivity contribution in [1.82, 2.24) is 30.1 Å². The highest BCUT2D eigenvalue weighted by atomic mass is 16.2. The maximum absolute atomic E-state index is 12.7. The fourth-order valence-electron chi connectivity index (χ4n) is 4.18. The van der Waals surface area contributed by atoms with Gasteiger partial charge in [0.05, 0.1) is 18.4 Å². The van der Waals surface area contributed by atoms with E-state index in [0.29, 0.717) is 30.6 Å². The Hall–Kier alpha value is -3.26. The average Bonchev–Trinajstić information content (AvgIpc) is 3.35. The number of likely N-dealkylation sites (tertiary alicyclic amines) is 1. The second-order valence-electron chi connectivity index (χ2n) is 8.06. The van der Waals surface area contributed by atoms with Gasteiger partial charge in [-0.15, -0.1) is 0 Å². The first-order valence-corrected chi connectivity index (χ1v) is 10.6. The first kappa shape index (κ1) is 21.0. The zero-order valence-electron chi connectivity index (χ0n) is 17.9. The molecule has 2 amide bonds. The molecule has 2 atom stereocenters. The number of carbonyl (C=O) groups is 2. The first-order valence-electron chi connectivity index (χ1n) is 10.6.